The van der Waals surface area contributed by atoms with E-state index in [9.17, 15) is 0 Å². The lowest BCUT2D eigenvalue weighted by molar-refractivity contribution is 0.660. The summed E-state index contributed by atoms with van der Waals surface area (Å²) in [5, 5.41) is 3.30. The first-order chi connectivity index (χ1) is 6.93. The summed E-state index contributed by atoms with van der Waals surface area (Å²) in [4.78, 5) is 9.14. The van der Waals surface area contributed by atoms with Crippen LogP contribution in [0, 0.1) is 0 Å². The number of fused-ring (bicyclic) bond motifs is 1. The molecule has 1 aliphatic heterocycles. The van der Waals surface area contributed by atoms with Gasteiger partial charge in [-0.15, -0.1) is 0 Å². The minimum atomic E-state index is 0.640. The molecule has 1 saturated carbocycles. The van der Waals surface area contributed by atoms with Crippen LogP contribution in [0.4, 0.5) is 0 Å². The van der Waals surface area contributed by atoms with Gasteiger partial charge in [-0.05, 0) is 12.8 Å². The zero-order chi connectivity index (χ0) is 9.38. The van der Waals surface area contributed by atoms with Crippen LogP contribution in [0.1, 0.15) is 48.7 Å². The molecule has 3 rings (SSSR count). The van der Waals surface area contributed by atoms with E-state index >= 15 is 0 Å². The Morgan fingerprint density at radius 1 is 1.21 bits per heavy atom. The Balaban J connectivity index is 1.91. The normalized spacial score (nSPS) is 21.4. The molecule has 3 nitrogen and oxygen atoms in total. The van der Waals surface area contributed by atoms with Crippen LogP contribution >= 0.6 is 0 Å². The standard InChI is InChI=1S/C11H15N3/c1-2-4-8(3-1)11-13-6-9-5-12-7-10(9)14-11/h6,8,12H,1-5,7H2. The van der Waals surface area contributed by atoms with E-state index in [1.165, 1.54) is 36.9 Å². The molecule has 1 aliphatic carbocycles. The smallest absolute Gasteiger partial charge is 0.131 e. The molecule has 0 saturated heterocycles. The number of hydrogen-bond donors (Lipinski definition) is 1. The van der Waals surface area contributed by atoms with Crippen LogP contribution in [-0.2, 0) is 13.1 Å². The van der Waals surface area contributed by atoms with Crippen molar-refractivity contribution >= 4 is 0 Å². The van der Waals surface area contributed by atoms with Crippen molar-refractivity contribution in [3.8, 4) is 0 Å². The van der Waals surface area contributed by atoms with E-state index in [1.807, 2.05) is 6.20 Å². The fourth-order valence-electron chi connectivity index (χ4n) is 2.45. The molecule has 0 unspecified atom stereocenters. The maximum Gasteiger partial charge on any atom is 0.131 e. The van der Waals surface area contributed by atoms with Gasteiger partial charge in [-0.3, -0.25) is 0 Å². The summed E-state index contributed by atoms with van der Waals surface area (Å²) in [5.74, 6) is 1.73. The highest BCUT2D eigenvalue weighted by Crippen LogP contribution is 2.32. The van der Waals surface area contributed by atoms with E-state index in [0.717, 1.165) is 18.9 Å². The maximum absolute atomic E-state index is 4.66. The van der Waals surface area contributed by atoms with Gasteiger partial charge in [0, 0.05) is 30.8 Å². The first kappa shape index (κ1) is 8.36. The topological polar surface area (TPSA) is 37.8 Å². The fourth-order valence-corrected chi connectivity index (χ4v) is 2.45. The highest BCUT2D eigenvalue weighted by Gasteiger charge is 2.21. The summed E-state index contributed by atoms with van der Waals surface area (Å²) >= 11 is 0. The minimum absolute atomic E-state index is 0.640. The summed E-state index contributed by atoms with van der Waals surface area (Å²) in [5.41, 5.74) is 2.51. The predicted molar refractivity (Wildman–Crippen MR) is 53.8 cm³/mol. The van der Waals surface area contributed by atoms with Gasteiger partial charge in [-0.2, -0.15) is 0 Å². The second-order valence-corrected chi connectivity index (χ2v) is 4.29. The van der Waals surface area contributed by atoms with Gasteiger partial charge in [0.25, 0.3) is 0 Å². The third kappa shape index (κ3) is 1.32. The quantitative estimate of drug-likeness (QED) is 0.731. The van der Waals surface area contributed by atoms with Crippen molar-refractivity contribution in [1.29, 1.82) is 0 Å². The molecule has 1 aromatic rings. The van der Waals surface area contributed by atoms with E-state index in [4.69, 9.17) is 0 Å². The number of hydrogen-bond acceptors (Lipinski definition) is 3. The lowest BCUT2D eigenvalue weighted by Gasteiger charge is -2.08. The van der Waals surface area contributed by atoms with Crippen LogP contribution in [0.5, 0.6) is 0 Å². The summed E-state index contributed by atoms with van der Waals surface area (Å²) in [7, 11) is 0. The zero-order valence-corrected chi connectivity index (χ0v) is 8.29. The van der Waals surface area contributed by atoms with Crippen molar-refractivity contribution in [2.45, 2.75) is 44.7 Å². The molecule has 0 radical (unpaired) electrons. The molecule has 2 heterocycles. The molecule has 0 aromatic carbocycles. The average Bonchev–Trinajstić information content (AvgIpc) is 2.88. The molecule has 2 aliphatic rings. The van der Waals surface area contributed by atoms with Gasteiger partial charge in [0.05, 0.1) is 5.69 Å². The zero-order valence-electron chi connectivity index (χ0n) is 8.29. The Kier molecular flexibility index (Phi) is 1.98. The summed E-state index contributed by atoms with van der Waals surface area (Å²) < 4.78 is 0. The second-order valence-electron chi connectivity index (χ2n) is 4.29. The van der Waals surface area contributed by atoms with E-state index in [-0.39, 0.29) is 0 Å². The van der Waals surface area contributed by atoms with Crippen LogP contribution < -0.4 is 5.32 Å². The molecule has 0 bridgehead atoms. The van der Waals surface area contributed by atoms with Crippen LogP contribution in [0.15, 0.2) is 6.20 Å². The Morgan fingerprint density at radius 2 is 2.07 bits per heavy atom. The second kappa shape index (κ2) is 3.31. The number of nitrogens with one attached hydrogen (secondary N) is 1. The highest BCUT2D eigenvalue weighted by molar-refractivity contribution is 5.22. The maximum atomic E-state index is 4.66. The molecule has 0 amide bonds. The van der Waals surface area contributed by atoms with Crippen LogP contribution in [-0.4, -0.2) is 9.97 Å². The van der Waals surface area contributed by atoms with Crippen LogP contribution in [0.2, 0.25) is 0 Å². The van der Waals surface area contributed by atoms with E-state index in [0.29, 0.717) is 5.92 Å². The molecule has 3 heteroatoms. The minimum Gasteiger partial charge on any atom is -0.307 e. The third-order valence-corrected chi connectivity index (χ3v) is 3.30. The van der Waals surface area contributed by atoms with Gasteiger partial charge >= 0.3 is 0 Å². The fraction of sp³-hybridized carbons (Fsp3) is 0.636. The van der Waals surface area contributed by atoms with Gasteiger partial charge in [0.1, 0.15) is 5.82 Å². The Morgan fingerprint density at radius 3 is 2.93 bits per heavy atom. The number of nitrogens with zero attached hydrogens (tertiary/aromatic N) is 2. The van der Waals surface area contributed by atoms with Crippen molar-refractivity contribution in [3.05, 3.63) is 23.3 Å². The molecule has 1 N–H and O–H groups in total. The summed E-state index contributed by atoms with van der Waals surface area (Å²) in [6, 6.07) is 0. The average molecular weight is 189 g/mol. The van der Waals surface area contributed by atoms with Crippen molar-refractivity contribution < 1.29 is 0 Å². The Labute approximate surface area is 84.0 Å². The molecule has 0 spiro atoms. The molecule has 1 aromatic heterocycles. The van der Waals surface area contributed by atoms with Gasteiger partial charge in [0.15, 0.2) is 0 Å². The Hall–Kier alpha value is -0.960. The largest absolute Gasteiger partial charge is 0.307 e. The van der Waals surface area contributed by atoms with Crippen molar-refractivity contribution in [3.63, 3.8) is 0 Å². The first-order valence-corrected chi connectivity index (χ1v) is 5.49. The summed E-state index contributed by atoms with van der Waals surface area (Å²) in [6.45, 7) is 1.87. The lowest BCUT2D eigenvalue weighted by atomic mass is 10.1. The monoisotopic (exact) mass is 189 g/mol. The van der Waals surface area contributed by atoms with Gasteiger partial charge in [-0.25, -0.2) is 9.97 Å². The molecular weight excluding hydrogens is 174 g/mol. The van der Waals surface area contributed by atoms with Crippen LogP contribution in [0.25, 0.3) is 0 Å². The molecular formula is C11H15N3. The van der Waals surface area contributed by atoms with Crippen LogP contribution in [0.3, 0.4) is 0 Å². The van der Waals surface area contributed by atoms with Gasteiger partial charge in [0.2, 0.25) is 0 Å². The van der Waals surface area contributed by atoms with E-state index in [1.54, 1.807) is 0 Å². The highest BCUT2D eigenvalue weighted by atomic mass is 15.0. The first-order valence-electron chi connectivity index (χ1n) is 5.49. The van der Waals surface area contributed by atoms with Crippen molar-refractivity contribution in [1.82, 2.24) is 15.3 Å². The van der Waals surface area contributed by atoms with Crippen molar-refractivity contribution in [2.75, 3.05) is 0 Å². The number of rotatable bonds is 1. The number of aromatic nitrogens is 2. The molecule has 74 valence electrons. The Bertz CT molecular complexity index is 342. The van der Waals surface area contributed by atoms with Crippen molar-refractivity contribution in [2.24, 2.45) is 0 Å². The third-order valence-electron chi connectivity index (χ3n) is 3.30. The van der Waals surface area contributed by atoms with Gasteiger partial charge in [-0.1, -0.05) is 12.8 Å². The summed E-state index contributed by atoms with van der Waals surface area (Å²) in [6.07, 6.45) is 7.28. The van der Waals surface area contributed by atoms with E-state index < -0.39 is 0 Å². The predicted octanol–water partition coefficient (Wildman–Crippen LogP) is 1.74. The SMILES string of the molecule is c1nc(C2CCCC2)nc2c1CNC2. The molecule has 0 atom stereocenters. The lowest BCUT2D eigenvalue weighted by Crippen LogP contribution is -2.04. The molecule has 1 fully saturated rings. The molecule has 14 heavy (non-hydrogen) atoms. The van der Waals surface area contributed by atoms with Gasteiger partial charge < -0.3 is 5.32 Å². The van der Waals surface area contributed by atoms with E-state index in [2.05, 4.69) is 15.3 Å².